The van der Waals surface area contributed by atoms with Gasteiger partial charge in [0.05, 0.1) is 0 Å². The summed E-state index contributed by atoms with van der Waals surface area (Å²) < 4.78 is 2.04. The third-order valence-corrected chi connectivity index (χ3v) is 3.81. The van der Waals surface area contributed by atoms with Gasteiger partial charge in [-0.1, -0.05) is 18.5 Å². The first-order valence-corrected chi connectivity index (χ1v) is 7.15. The molecule has 0 aromatic carbocycles. The fraction of sp³-hybridized carbons (Fsp3) is 0.500. The molecular weight excluding hydrogens is 260 g/mol. The van der Waals surface area contributed by atoms with Crippen LogP contribution < -0.4 is 0 Å². The molecule has 3 rings (SSSR count). The highest BCUT2D eigenvalue weighted by atomic mass is 35.5. The molecule has 100 valence electrons. The standard InChI is InChI=1S/C14H17ClN4/c1-3-4-11-16-7-8-19(11)14-9(2)12(15)17-13(18-14)10-5-6-10/h7-8,10H,3-6H2,1-2H3. The first-order chi connectivity index (χ1) is 9.20. The van der Waals surface area contributed by atoms with E-state index in [-0.39, 0.29) is 0 Å². The van der Waals surface area contributed by atoms with Crippen LogP contribution in [0.5, 0.6) is 0 Å². The molecule has 0 radical (unpaired) electrons. The molecule has 2 aromatic heterocycles. The fourth-order valence-corrected chi connectivity index (χ4v) is 2.36. The highest BCUT2D eigenvalue weighted by Gasteiger charge is 2.28. The van der Waals surface area contributed by atoms with Gasteiger partial charge in [0.2, 0.25) is 0 Å². The van der Waals surface area contributed by atoms with Gasteiger partial charge in [0.1, 0.15) is 22.6 Å². The van der Waals surface area contributed by atoms with Gasteiger partial charge in [-0.05, 0) is 26.2 Å². The van der Waals surface area contributed by atoms with Crippen LogP contribution in [0.1, 0.15) is 49.3 Å². The first kappa shape index (κ1) is 12.6. The third kappa shape index (κ3) is 2.37. The van der Waals surface area contributed by atoms with Crippen LogP contribution in [0.4, 0.5) is 0 Å². The van der Waals surface area contributed by atoms with Crippen LogP contribution in [0.3, 0.4) is 0 Å². The highest BCUT2D eigenvalue weighted by Crippen LogP contribution is 2.39. The summed E-state index contributed by atoms with van der Waals surface area (Å²) in [6, 6.07) is 0. The Kier molecular flexibility index (Phi) is 3.27. The van der Waals surface area contributed by atoms with Crippen LogP contribution in [0, 0.1) is 6.92 Å². The van der Waals surface area contributed by atoms with Crippen LogP contribution >= 0.6 is 11.6 Å². The lowest BCUT2D eigenvalue weighted by atomic mass is 10.3. The molecule has 0 aliphatic heterocycles. The first-order valence-electron chi connectivity index (χ1n) is 6.77. The Morgan fingerprint density at radius 1 is 1.37 bits per heavy atom. The molecule has 1 aliphatic carbocycles. The predicted octanol–water partition coefficient (Wildman–Crippen LogP) is 3.45. The van der Waals surface area contributed by atoms with E-state index in [1.165, 1.54) is 12.8 Å². The normalized spacial score (nSPS) is 14.9. The van der Waals surface area contributed by atoms with E-state index in [0.29, 0.717) is 11.1 Å². The average Bonchev–Trinajstić information content (AvgIpc) is 3.14. The second-order valence-electron chi connectivity index (χ2n) is 5.06. The van der Waals surface area contributed by atoms with Crippen molar-refractivity contribution < 1.29 is 0 Å². The highest BCUT2D eigenvalue weighted by molar-refractivity contribution is 6.30. The Hall–Kier alpha value is -1.42. The Labute approximate surface area is 117 Å². The zero-order valence-corrected chi connectivity index (χ0v) is 12.0. The lowest BCUT2D eigenvalue weighted by Gasteiger charge is -2.12. The number of imidazole rings is 1. The molecule has 0 atom stereocenters. The van der Waals surface area contributed by atoms with Crippen molar-refractivity contribution in [1.82, 2.24) is 19.5 Å². The van der Waals surface area contributed by atoms with E-state index in [0.717, 1.165) is 35.9 Å². The van der Waals surface area contributed by atoms with Crippen molar-refractivity contribution in [3.8, 4) is 5.82 Å². The molecule has 4 nitrogen and oxygen atoms in total. The second-order valence-corrected chi connectivity index (χ2v) is 5.42. The van der Waals surface area contributed by atoms with Gasteiger partial charge >= 0.3 is 0 Å². The molecule has 1 saturated carbocycles. The fourth-order valence-electron chi connectivity index (χ4n) is 2.19. The number of aryl methyl sites for hydroxylation is 1. The van der Waals surface area contributed by atoms with E-state index in [4.69, 9.17) is 16.6 Å². The molecule has 0 N–H and O–H groups in total. The minimum Gasteiger partial charge on any atom is -0.288 e. The minimum absolute atomic E-state index is 0.495. The Morgan fingerprint density at radius 3 is 2.84 bits per heavy atom. The molecule has 0 unspecified atom stereocenters. The number of halogens is 1. The maximum absolute atomic E-state index is 6.25. The summed E-state index contributed by atoms with van der Waals surface area (Å²) in [7, 11) is 0. The summed E-state index contributed by atoms with van der Waals surface area (Å²) in [5.41, 5.74) is 0.918. The van der Waals surface area contributed by atoms with E-state index in [1.807, 2.05) is 23.9 Å². The predicted molar refractivity (Wildman–Crippen MR) is 74.9 cm³/mol. The average molecular weight is 277 g/mol. The minimum atomic E-state index is 0.495. The summed E-state index contributed by atoms with van der Waals surface area (Å²) in [4.78, 5) is 13.5. The van der Waals surface area contributed by atoms with E-state index < -0.39 is 0 Å². The van der Waals surface area contributed by atoms with E-state index in [2.05, 4.69) is 16.9 Å². The monoisotopic (exact) mass is 276 g/mol. The van der Waals surface area contributed by atoms with Crippen molar-refractivity contribution in [2.45, 2.75) is 45.4 Å². The summed E-state index contributed by atoms with van der Waals surface area (Å²) in [5, 5.41) is 0.558. The molecule has 0 amide bonds. The lowest BCUT2D eigenvalue weighted by Crippen LogP contribution is -2.08. The quantitative estimate of drug-likeness (QED) is 0.804. The summed E-state index contributed by atoms with van der Waals surface area (Å²) in [6.07, 6.45) is 8.11. The van der Waals surface area contributed by atoms with Crippen LogP contribution in [0.2, 0.25) is 5.15 Å². The zero-order valence-electron chi connectivity index (χ0n) is 11.2. The van der Waals surface area contributed by atoms with Crippen molar-refractivity contribution in [2.75, 3.05) is 0 Å². The number of hydrogen-bond donors (Lipinski definition) is 0. The van der Waals surface area contributed by atoms with Gasteiger partial charge in [0.15, 0.2) is 0 Å². The molecule has 1 fully saturated rings. The molecule has 0 spiro atoms. The maximum Gasteiger partial charge on any atom is 0.146 e. The van der Waals surface area contributed by atoms with Crippen molar-refractivity contribution in [1.29, 1.82) is 0 Å². The maximum atomic E-state index is 6.25. The van der Waals surface area contributed by atoms with Crippen LogP contribution in [-0.4, -0.2) is 19.5 Å². The summed E-state index contributed by atoms with van der Waals surface area (Å²) in [6.45, 7) is 4.11. The molecule has 0 saturated heterocycles. The van der Waals surface area contributed by atoms with Gasteiger partial charge < -0.3 is 0 Å². The van der Waals surface area contributed by atoms with Crippen LogP contribution in [-0.2, 0) is 6.42 Å². The van der Waals surface area contributed by atoms with Crippen molar-refractivity contribution in [3.05, 3.63) is 34.8 Å². The topological polar surface area (TPSA) is 43.6 Å². The number of aromatic nitrogens is 4. The molecule has 2 aromatic rings. The lowest BCUT2D eigenvalue weighted by molar-refractivity contribution is 0.780. The Morgan fingerprint density at radius 2 is 2.16 bits per heavy atom. The van der Waals surface area contributed by atoms with E-state index >= 15 is 0 Å². The molecule has 5 heteroatoms. The number of nitrogens with zero attached hydrogens (tertiary/aromatic N) is 4. The van der Waals surface area contributed by atoms with Gasteiger partial charge in [-0.25, -0.2) is 15.0 Å². The number of hydrogen-bond acceptors (Lipinski definition) is 3. The van der Waals surface area contributed by atoms with Gasteiger partial charge in [-0.15, -0.1) is 0 Å². The van der Waals surface area contributed by atoms with Crippen molar-refractivity contribution >= 4 is 11.6 Å². The second kappa shape index (κ2) is 4.93. The van der Waals surface area contributed by atoms with E-state index in [1.54, 1.807) is 0 Å². The molecule has 2 heterocycles. The van der Waals surface area contributed by atoms with Gasteiger partial charge in [-0.3, -0.25) is 4.57 Å². The number of rotatable bonds is 4. The van der Waals surface area contributed by atoms with Crippen LogP contribution in [0.15, 0.2) is 12.4 Å². The van der Waals surface area contributed by atoms with Gasteiger partial charge in [0, 0.05) is 30.3 Å². The summed E-state index contributed by atoms with van der Waals surface area (Å²) >= 11 is 6.25. The third-order valence-electron chi connectivity index (χ3n) is 3.44. The molecular formula is C14H17ClN4. The van der Waals surface area contributed by atoms with Gasteiger partial charge in [-0.2, -0.15) is 0 Å². The van der Waals surface area contributed by atoms with Gasteiger partial charge in [0.25, 0.3) is 0 Å². The zero-order chi connectivity index (χ0) is 13.4. The smallest absolute Gasteiger partial charge is 0.146 e. The molecule has 1 aliphatic rings. The largest absolute Gasteiger partial charge is 0.288 e. The Bertz CT molecular complexity index is 601. The van der Waals surface area contributed by atoms with Crippen molar-refractivity contribution in [2.24, 2.45) is 0 Å². The Balaban J connectivity index is 2.09. The van der Waals surface area contributed by atoms with E-state index in [9.17, 15) is 0 Å². The van der Waals surface area contributed by atoms with Crippen LogP contribution in [0.25, 0.3) is 5.82 Å². The van der Waals surface area contributed by atoms with Crippen molar-refractivity contribution in [3.63, 3.8) is 0 Å². The molecule has 0 bridgehead atoms. The SMILES string of the molecule is CCCc1nccn1-c1nc(C2CC2)nc(Cl)c1C. The summed E-state index contributed by atoms with van der Waals surface area (Å²) in [5.74, 6) is 3.28. The molecule has 19 heavy (non-hydrogen) atoms.